The smallest absolute Gasteiger partial charge is 0.332 e. The third-order valence-corrected chi connectivity index (χ3v) is 5.85. The number of hydrogen-bond acceptors (Lipinski definition) is 4. The fourth-order valence-electron chi connectivity index (χ4n) is 4.27. The van der Waals surface area contributed by atoms with Crippen LogP contribution in [0.1, 0.15) is 12.5 Å². The molecule has 0 atom stereocenters. The lowest BCUT2D eigenvalue weighted by molar-refractivity contribution is -0.118. The van der Waals surface area contributed by atoms with Gasteiger partial charge in [0.2, 0.25) is 11.7 Å². The van der Waals surface area contributed by atoms with Gasteiger partial charge >= 0.3 is 5.69 Å². The summed E-state index contributed by atoms with van der Waals surface area (Å²) < 4.78 is 5.79. The maximum Gasteiger partial charge on any atom is 0.332 e. The summed E-state index contributed by atoms with van der Waals surface area (Å²) >= 11 is 0. The summed E-state index contributed by atoms with van der Waals surface area (Å²) in [5.74, 6) is -0.276. The molecule has 0 saturated carbocycles. The number of benzene rings is 2. The molecule has 0 bridgehead atoms. The number of aryl methyl sites for hydroxylation is 2. The van der Waals surface area contributed by atoms with Crippen LogP contribution in [-0.2, 0) is 24.8 Å². The molecule has 0 aliphatic heterocycles. The highest BCUT2D eigenvalue weighted by Gasteiger charge is 2.23. The molecule has 0 aliphatic rings. The van der Waals surface area contributed by atoms with E-state index in [1.165, 1.54) is 11.6 Å². The third-order valence-electron chi connectivity index (χ3n) is 5.85. The van der Waals surface area contributed by atoms with E-state index in [2.05, 4.69) is 13.0 Å². The number of carbonyl (C=O) groups excluding carboxylic acids is 1. The normalized spacial score (nSPS) is 11.5. The molecular formula is C24H22N6O3. The first kappa shape index (κ1) is 20.5. The van der Waals surface area contributed by atoms with Gasteiger partial charge in [-0.15, -0.1) is 0 Å². The second-order valence-electron chi connectivity index (χ2n) is 7.85. The summed E-state index contributed by atoms with van der Waals surface area (Å²) in [4.78, 5) is 42.3. The lowest BCUT2D eigenvalue weighted by Crippen LogP contribution is -2.42. The van der Waals surface area contributed by atoms with Gasteiger partial charge in [-0.2, -0.15) is 4.98 Å². The second-order valence-corrected chi connectivity index (χ2v) is 7.85. The number of rotatable bonds is 5. The zero-order chi connectivity index (χ0) is 23.3. The van der Waals surface area contributed by atoms with Crippen molar-refractivity contribution in [1.29, 1.82) is 0 Å². The minimum atomic E-state index is -0.770. The van der Waals surface area contributed by atoms with Gasteiger partial charge in [0.1, 0.15) is 6.54 Å². The molecule has 0 radical (unpaired) electrons. The van der Waals surface area contributed by atoms with Crippen molar-refractivity contribution in [3.63, 3.8) is 0 Å². The lowest BCUT2D eigenvalue weighted by atomic mass is 10.1. The number of nitrogens with two attached hydrogens (primary N) is 1. The molecule has 1 amide bonds. The average Bonchev–Trinajstić information content (AvgIpc) is 3.37. The lowest BCUT2D eigenvalue weighted by Gasteiger charge is -2.13. The predicted octanol–water partition coefficient (Wildman–Crippen LogP) is 1.85. The molecule has 0 fully saturated rings. The van der Waals surface area contributed by atoms with Crippen molar-refractivity contribution in [3.8, 4) is 16.9 Å². The summed E-state index contributed by atoms with van der Waals surface area (Å²) in [6.45, 7) is 1.58. The van der Waals surface area contributed by atoms with Crippen LogP contribution in [0, 0.1) is 0 Å². The summed E-state index contributed by atoms with van der Waals surface area (Å²) in [5, 5.41) is 0. The molecule has 0 aliphatic carbocycles. The molecule has 33 heavy (non-hydrogen) atoms. The van der Waals surface area contributed by atoms with Gasteiger partial charge < -0.3 is 5.73 Å². The topological polar surface area (TPSA) is 109 Å². The molecule has 0 unspecified atom stereocenters. The van der Waals surface area contributed by atoms with Crippen LogP contribution in [0.2, 0.25) is 0 Å². The number of carbonyl (C=O) groups is 1. The van der Waals surface area contributed by atoms with Gasteiger partial charge in [-0.25, -0.2) is 9.36 Å². The van der Waals surface area contributed by atoms with E-state index in [1.807, 2.05) is 59.3 Å². The Kier molecular flexibility index (Phi) is 4.74. The maximum atomic E-state index is 13.3. The minimum Gasteiger partial charge on any atom is -0.368 e. The van der Waals surface area contributed by atoms with Crippen molar-refractivity contribution in [2.75, 3.05) is 0 Å². The van der Waals surface area contributed by atoms with Gasteiger partial charge in [0, 0.05) is 18.8 Å². The molecular weight excluding hydrogens is 420 g/mol. The molecule has 5 aromatic rings. The van der Waals surface area contributed by atoms with E-state index in [0.29, 0.717) is 5.78 Å². The van der Waals surface area contributed by atoms with E-state index < -0.39 is 23.7 Å². The average molecular weight is 442 g/mol. The highest BCUT2D eigenvalue weighted by atomic mass is 16.2. The number of amides is 1. The van der Waals surface area contributed by atoms with Crippen molar-refractivity contribution < 1.29 is 4.79 Å². The highest BCUT2D eigenvalue weighted by molar-refractivity contribution is 5.80. The van der Waals surface area contributed by atoms with Crippen molar-refractivity contribution in [2.24, 2.45) is 12.8 Å². The molecule has 9 heteroatoms. The van der Waals surface area contributed by atoms with Crippen LogP contribution in [0.15, 0.2) is 70.4 Å². The van der Waals surface area contributed by atoms with E-state index in [9.17, 15) is 14.4 Å². The Morgan fingerprint density at radius 2 is 1.73 bits per heavy atom. The van der Waals surface area contributed by atoms with E-state index >= 15 is 0 Å². The first-order chi connectivity index (χ1) is 15.9. The van der Waals surface area contributed by atoms with Crippen LogP contribution in [0.3, 0.4) is 0 Å². The van der Waals surface area contributed by atoms with Gasteiger partial charge in [-0.1, -0.05) is 55.5 Å². The summed E-state index contributed by atoms with van der Waals surface area (Å²) in [5.41, 5.74) is 8.31. The number of hydrogen-bond donors (Lipinski definition) is 1. The SMILES string of the molecule is CCc1ccccc1-n1c(-c2ccccc2)cn2c3c(=O)n(CC(N)=O)c(=O)n(C)c3nc12. The van der Waals surface area contributed by atoms with Gasteiger partial charge in [0.05, 0.1) is 11.4 Å². The third kappa shape index (κ3) is 3.08. The molecule has 3 heterocycles. The number of nitrogens with zero attached hydrogens (tertiary/aromatic N) is 5. The zero-order valence-corrected chi connectivity index (χ0v) is 18.2. The largest absolute Gasteiger partial charge is 0.368 e. The van der Waals surface area contributed by atoms with Gasteiger partial charge in [-0.3, -0.25) is 23.1 Å². The molecule has 0 spiro atoms. The molecule has 2 N–H and O–H groups in total. The molecule has 9 nitrogen and oxygen atoms in total. The van der Waals surface area contributed by atoms with Crippen molar-refractivity contribution in [3.05, 3.63) is 87.2 Å². The van der Waals surface area contributed by atoms with E-state index in [-0.39, 0.29) is 11.2 Å². The summed E-state index contributed by atoms with van der Waals surface area (Å²) in [6, 6.07) is 17.8. The Labute approximate surface area is 187 Å². The fraction of sp³-hybridized carbons (Fsp3) is 0.167. The minimum absolute atomic E-state index is 0.207. The zero-order valence-electron chi connectivity index (χ0n) is 18.2. The molecule has 5 rings (SSSR count). The number of fused-ring (bicyclic) bond motifs is 3. The number of imidazole rings is 2. The van der Waals surface area contributed by atoms with Crippen LogP contribution in [-0.4, -0.2) is 29.0 Å². The van der Waals surface area contributed by atoms with Crippen molar-refractivity contribution in [1.82, 2.24) is 23.1 Å². The predicted molar refractivity (Wildman–Crippen MR) is 126 cm³/mol. The molecule has 166 valence electrons. The quantitative estimate of drug-likeness (QED) is 0.448. The van der Waals surface area contributed by atoms with Crippen molar-refractivity contribution >= 4 is 22.8 Å². The van der Waals surface area contributed by atoms with E-state index in [0.717, 1.165) is 33.5 Å². The van der Waals surface area contributed by atoms with E-state index in [1.54, 1.807) is 4.40 Å². The first-order valence-electron chi connectivity index (χ1n) is 10.6. The number of primary amides is 1. The monoisotopic (exact) mass is 442 g/mol. The number of aromatic nitrogens is 5. The van der Waals surface area contributed by atoms with Crippen LogP contribution in [0.4, 0.5) is 0 Å². The van der Waals surface area contributed by atoms with Crippen molar-refractivity contribution in [2.45, 2.75) is 19.9 Å². The van der Waals surface area contributed by atoms with Crippen LogP contribution >= 0.6 is 0 Å². The molecule has 3 aromatic heterocycles. The van der Waals surface area contributed by atoms with Crippen LogP contribution in [0.25, 0.3) is 33.9 Å². The molecule has 2 aromatic carbocycles. The Morgan fingerprint density at radius 3 is 2.42 bits per heavy atom. The summed E-state index contributed by atoms with van der Waals surface area (Å²) in [6.07, 6.45) is 2.64. The van der Waals surface area contributed by atoms with Crippen LogP contribution < -0.4 is 17.0 Å². The van der Waals surface area contributed by atoms with Gasteiger partial charge in [0.25, 0.3) is 5.56 Å². The second kappa shape index (κ2) is 7.63. The Morgan fingerprint density at radius 1 is 1.03 bits per heavy atom. The fourth-order valence-corrected chi connectivity index (χ4v) is 4.27. The Bertz CT molecular complexity index is 1650. The summed E-state index contributed by atoms with van der Waals surface area (Å²) in [7, 11) is 1.52. The standard InChI is InChI=1S/C24H22N6O3/c1-3-15-9-7-8-12-17(15)30-18(16-10-5-4-6-11-16)13-28-20-21(26-23(28)30)27(2)24(33)29(22(20)32)14-19(25)31/h4-13H,3,14H2,1-2H3,(H2,25,31). The van der Waals surface area contributed by atoms with Crippen LogP contribution in [0.5, 0.6) is 0 Å². The maximum absolute atomic E-state index is 13.3. The molecule has 0 saturated heterocycles. The Balaban J connectivity index is 1.96. The Hall–Kier alpha value is -4.40. The first-order valence-corrected chi connectivity index (χ1v) is 10.6. The van der Waals surface area contributed by atoms with Gasteiger partial charge in [0.15, 0.2) is 11.2 Å². The van der Waals surface area contributed by atoms with Gasteiger partial charge in [-0.05, 0) is 18.1 Å². The highest BCUT2D eigenvalue weighted by Crippen LogP contribution is 2.30. The van der Waals surface area contributed by atoms with E-state index in [4.69, 9.17) is 10.7 Å². The number of para-hydroxylation sites is 1.